The van der Waals surface area contributed by atoms with Crippen LogP contribution in [0.25, 0.3) is 0 Å². The van der Waals surface area contributed by atoms with Gasteiger partial charge in [-0.1, -0.05) is 13.8 Å². The maximum Gasteiger partial charge on any atom is 0.263 e. The van der Waals surface area contributed by atoms with Crippen LogP contribution in [-0.2, 0) is 0 Å². The first-order chi connectivity index (χ1) is 5.02. The molecule has 0 unspecified atom stereocenters. The second kappa shape index (κ2) is 3.48. The highest BCUT2D eigenvalue weighted by atomic mass is 19.3. The van der Waals surface area contributed by atoms with Gasteiger partial charge >= 0.3 is 0 Å². The number of halogens is 2. The summed E-state index contributed by atoms with van der Waals surface area (Å²) in [4.78, 5) is 0. The second-order valence-electron chi connectivity index (χ2n) is 2.72. The van der Waals surface area contributed by atoms with E-state index in [9.17, 15) is 8.78 Å². The molecule has 1 aliphatic rings. The SMILES string of the molecule is CC.CNC1(C(C)(F)F)CC1. The minimum Gasteiger partial charge on any atom is -0.309 e. The molecule has 0 aromatic heterocycles. The lowest BCUT2D eigenvalue weighted by Crippen LogP contribution is -2.43. The summed E-state index contributed by atoms with van der Waals surface area (Å²) in [5, 5.41) is 2.64. The first-order valence-corrected chi connectivity index (χ1v) is 4.09. The Morgan fingerprint density at radius 1 is 1.27 bits per heavy atom. The van der Waals surface area contributed by atoms with Crippen LogP contribution in [-0.4, -0.2) is 18.5 Å². The Bertz CT molecular complexity index is 114. The van der Waals surface area contributed by atoms with Gasteiger partial charge in [-0.2, -0.15) is 0 Å². The van der Waals surface area contributed by atoms with E-state index in [-0.39, 0.29) is 0 Å². The van der Waals surface area contributed by atoms with E-state index in [0.29, 0.717) is 12.8 Å². The Morgan fingerprint density at radius 3 is 1.64 bits per heavy atom. The van der Waals surface area contributed by atoms with Crippen LogP contribution in [0, 0.1) is 0 Å². The van der Waals surface area contributed by atoms with E-state index >= 15 is 0 Å². The molecule has 68 valence electrons. The van der Waals surface area contributed by atoms with E-state index < -0.39 is 11.5 Å². The van der Waals surface area contributed by atoms with Gasteiger partial charge in [0, 0.05) is 6.92 Å². The summed E-state index contributed by atoms with van der Waals surface area (Å²) in [6.45, 7) is 4.97. The van der Waals surface area contributed by atoms with Gasteiger partial charge in [-0.25, -0.2) is 8.78 Å². The van der Waals surface area contributed by atoms with E-state index in [1.54, 1.807) is 7.05 Å². The van der Waals surface area contributed by atoms with Crippen molar-refractivity contribution in [3.8, 4) is 0 Å². The minimum absolute atomic E-state index is 0.604. The van der Waals surface area contributed by atoms with Crippen LogP contribution in [0.3, 0.4) is 0 Å². The van der Waals surface area contributed by atoms with Gasteiger partial charge in [0.05, 0.1) is 5.54 Å². The number of hydrogen-bond donors (Lipinski definition) is 1. The largest absolute Gasteiger partial charge is 0.309 e. The molecule has 0 bridgehead atoms. The van der Waals surface area contributed by atoms with Gasteiger partial charge < -0.3 is 5.32 Å². The maximum absolute atomic E-state index is 12.5. The summed E-state index contributed by atoms with van der Waals surface area (Å²) in [6.07, 6.45) is 1.21. The summed E-state index contributed by atoms with van der Waals surface area (Å²) in [5.74, 6) is -2.55. The fourth-order valence-electron chi connectivity index (χ4n) is 1.03. The molecule has 0 amide bonds. The molecule has 0 aromatic carbocycles. The van der Waals surface area contributed by atoms with Crippen LogP contribution in [0.4, 0.5) is 8.78 Å². The molecule has 0 saturated heterocycles. The summed E-state index contributed by atoms with van der Waals surface area (Å²) in [7, 11) is 1.59. The van der Waals surface area contributed by atoms with E-state index in [2.05, 4.69) is 5.32 Å². The molecule has 0 spiro atoms. The lowest BCUT2D eigenvalue weighted by Gasteiger charge is -2.21. The molecule has 0 heterocycles. The van der Waals surface area contributed by atoms with Crippen molar-refractivity contribution in [1.29, 1.82) is 0 Å². The van der Waals surface area contributed by atoms with Crippen molar-refractivity contribution in [1.82, 2.24) is 5.32 Å². The number of alkyl halides is 2. The average molecular weight is 165 g/mol. The summed E-state index contributed by atoms with van der Waals surface area (Å²) in [5.41, 5.74) is -0.854. The second-order valence-corrected chi connectivity index (χ2v) is 2.72. The molecule has 1 nitrogen and oxygen atoms in total. The maximum atomic E-state index is 12.5. The molecule has 0 radical (unpaired) electrons. The molecule has 0 aromatic rings. The van der Waals surface area contributed by atoms with Crippen molar-refractivity contribution in [3.05, 3.63) is 0 Å². The van der Waals surface area contributed by atoms with E-state index in [4.69, 9.17) is 0 Å². The topological polar surface area (TPSA) is 12.0 Å². The standard InChI is InChI=1S/C6H11F2N.C2H6/c1-5(7,8)6(9-2)3-4-6;1-2/h9H,3-4H2,1-2H3;1-2H3. The monoisotopic (exact) mass is 165 g/mol. The third-order valence-corrected chi connectivity index (χ3v) is 2.07. The zero-order valence-corrected chi connectivity index (χ0v) is 7.67. The third kappa shape index (κ3) is 2.12. The molecule has 1 fully saturated rings. The highest BCUT2D eigenvalue weighted by molar-refractivity contribution is 5.09. The Labute approximate surface area is 67.2 Å². The molecular formula is C8H17F2N. The fraction of sp³-hybridized carbons (Fsp3) is 1.00. The Hall–Kier alpha value is -0.180. The minimum atomic E-state index is -2.55. The van der Waals surface area contributed by atoms with E-state index in [1.807, 2.05) is 13.8 Å². The van der Waals surface area contributed by atoms with Crippen LogP contribution in [0.5, 0.6) is 0 Å². The Balaban J connectivity index is 0.000000461. The molecular weight excluding hydrogens is 148 g/mol. The molecule has 11 heavy (non-hydrogen) atoms. The highest BCUT2D eigenvalue weighted by Crippen LogP contribution is 2.47. The zero-order chi connectivity index (χ0) is 9.12. The third-order valence-electron chi connectivity index (χ3n) is 2.07. The summed E-state index contributed by atoms with van der Waals surface area (Å²) in [6, 6.07) is 0. The van der Waals surface area contributed by atoms with Gasteiger partial charge in [0.15, 0.2) is 0 Å². The van der Waals surface area contributed by atoms with Crippen molar-refractivity contribution >= 4 is 0 Å². The molecule has 1 rings (SSSR count). The number of rotatable bonds is 2. The van der Waals surface area contributed by atoms with Gasteiger partial charge in [-0.05, 0) is 19.9 Å². The van der Waals surface area contributed by atoms with Crippen LogP contribution < -0.4 is 5.32 Å². The predicted octanol–water partition coefficient (Wildman–Crippen LogP) is 2.42. The molecule has 3 heteroatoms. The van der Waals surface area contributed by atoms with Crippen molar-refractivity contribution in [2.45, 2.75) is 45.1 Å². The number of hydrogen-bond acceptors (Lipinski definition) is 1. The molecule has 1 saturated carbocycles. The smallest absolute Gasteiger partial charge is 0.263 e. The van der Waals surface area contributed by atoms with Crippen LogP contribution in [0.2, 0.25) is 0 Å². The quantitative estimate of drug-likeness (QED) is 0.662. The van der Waals surface area contributed by atoms with Crippen molar-refractivity contribution in [2.75, 3.05) is 7.05 Å². The van der Waals surface area contributed by atoms with Gasteiger partial charge in [0.1, 0.15) is 0 Å². The van der Waals surface area contributed by atoms with Crippen molar-refractivity contribution < 1.29 is 8.78 Å². The van der Waals surface area contributed by atoms with E-state index in [0.717, 1.165) is 6.92 Å². The summed E-state index contributed by atoms with van der Waals surface area (Å²) < 4.78 is 25.0. The normalized spacial score (nSPS) is 20.2. The van der Waals surface area contributed by atoms with Gasteiger partial charge in [-0.3, -0.25) is 0 Å². The molecule has 1 N–H and O–H groups in total. The van der Waals surface area contributed by atoms with Crippen molar-refractivity contribution in [3.63, 3.8) is 0 Å². The summed E-state index contributed by atoms with van der Waals surface area (Å²) >= 11 is 0. The van der Waals surface area contributed by atoms with Crippen LogP contribution in [0.15, 0.2) is 0 Å². The predicted molar refractivity (Wildman–Crippen MR) is 43.0 cm³/mol. The zero-order valence-electron chi connectivity index (χ0n) is 7.67. The molecule has 0 atom stereocenters. The van der Waals surface area contributed by atoms with Crippen LogP contribution >= 0.6 is 0 Å². The molecule has 0 aliphatic heterocycles. The first kappa shape index (κ1) is 10.8. The van der Waals surface area contributed by atoms with E-state index in [1.165, 1.54) is 0 Å². The highest BCUT2D eigenvalue weighted by Gasteiger charge is 2.57. The fourth-order valence-corrected chi connectivity index (χ4v) is 1.03. The molecule has 1 aliphatic carbocycles. The average Bonchev–Trinajstić information content (AvgIpc) is 2.69. The van der Waals surface area contributed by atoms with Gasteiger partial charge in [0.25, 0.3) is 5.92 Å². The van der Waals surface area contributed by atoms with Gasteiger partial charge in [-0.15, -0.1) is 0 Å². The lowest BCUT2D eigenvalue weighted by atomic mass is 10.1. The Kier molecular flexibility index (Phi) is 3.42. The first-order valence-electron chi connectivity index (χ1n) is 4.09. The van der Waals surface area contributed by atoms with Crippen molar-refractivity contribution in [2.24, 2.45) is 0 Å². The lowest BCUT2D eigenvalue weighted by molar-refractivity contribution is -0.0275. The van der Waals surface area contributed by atoms with Gasteiger partial charge in [0.2, 0.25) is 0 Å². The Morgan fingerprint density at radius 2 is 1.64 bits per heavy atom. The van der Waals surface area contributed by atoms with Crippen LogP contribution in [0.1, 0.15) is 33.6 Å². The number of nitrogens with one attached hydrogen (secondary N) is 1.